The fraction of sp³-hybridized carbons (Fsp3) is 0.450. The van der Waals surface area contributed by atoms with Crippen molar-refractivity contribution in [2.75, 3.05) is 42.0 Å². The predicted octanol–water partition coefficient (Wildman–Crippen LogP) is -0.984. The zero-order chi connectivity index (χ0) is 26.9. The van der Waals surface area contributed by atoms with Gasteiger partial charge in [-0.25, -0.2) is 4.98 Å². The van der Waals surface area contributed by atoms with Crippen molar-refractivity contribution >= 4 is 69.3 Å². The highest BCUT2D eigenvalue weighted by atomic mass is 32.2. The van der Waals surface area contributed by atoms with Crippen molar-refractivity contribution in [1.82, 2.24) is 20.2 Å². The molecule has 2 aromatic heterocycles. The zero-order valence-corrected chi connectivity index (χ0v) is 22.4. The standard InChI is InChI=1S/C20H25N9O5S3/c1-3-34-27-11(10-5-35-18(22)24-10)14(30)25-12-15(31)28-6-20(17(32)33,7-36-16(12)28)8-37-19-26-13(21)9(2)4-29(19)23/h4-5,12,16,21H,3,6-8,23H2,1-2H3,(H4,22,24,25,30,32,33)/p+1/t12?,16-,20?/m1/s1. The van der Waals surface area contributed by atoms with E-state index < -0.39 is 28.7 Å². The Morgan fingerprint density at radius 3 is 2.84 bits per heavy atom. The Balaban J connectivity index is 1.44. The van der Waals surface area contributed by atoms with Crippen LogP contribution in [0.15, 0.2) is 21.9 Å². The van der Waals surface area contributed by atoms with Crippen LogP contribution in [0.3, 0.4) is 0 Å². The Bertz CT molecular complexity index is 1270. The lowest BCUT2D eigenvalue weighted by Crippen LogP contribution is -2.74. The lowest BCUT2D eigenvalue weighted by molar-refractivity contribution is -0.682. The lowest BCUT2D eigenvalue weighted by atomic mass is 9.89. The van der Waals surface area contributed by atoms with Crippen LogP contribution < -0.4 is 27.3 Å². The van der Waals surface area contributed by atoms with Crippen molar-refractivity contribution in [3.05, 3.63) is 22.8 Å². The number of fused-ring (bicyclic) bond motifs is 1. The summed E-state index contributed by atoms with van der Waals surface area (Å²) >= 11 is 3.58. The molecule has 3 atom stereocenters. The summed E-state index contributed by atoms with van der Waals surface area (Å²) in [6, 6.07) is -0.843. The number of oxime groups is 1. The van der Waals surface area contributed by atoms with E-state index in [0.29, 0.717) is 16.5 Å². The van der Waals surface area contributed by atoms with Crippen LogP contribution in [0.4, 0.5) is 10.9 Å². The number of hydrogen-bond acceptors (Lipinski definition) is 13. The molecular formula is C20H26N9O5S3+. The maximum atomic E-state index is 13.0. The van der Waals surface area contributed by atoms with E-state index in [9.17, 15) is 19.5 Å². The van der Waals surface area contributed by atoms with Crippen LogP contribution in [0.5, 0.6) is 0 Å². The summed E-state index contributed by atoms with van der Waals surface area (Å²) in [5.74, 6) is 4.53. The molecule has 2 aromatic rings. The monoisotopic (exact) mass is 568 g/mol. The van der Waals surface area contributed by atoms with Crippen LogP contribution in [0.25, 0.3) is 0 Å². The second kappa shape index (κ2) is 10.6. The molecule has 0 radical (unpaired) electrons. The van der Waals surface area contributed by atoms with E-state index in [1.54, 1.807) is 25.4 Å². The van der Waals surface area contributed by atoms with Crippen molar-refractivity contribution < 1.29 is 29.0 Å². The first kappa shape index (κ1) is 26.7. The van der Waals surface area contributed by atoms with Gasteiger partial charge in [0, 0.05) is 23.4 Å². The second-order valence-electron chi connectivity index (χ2n) is 8.42. The normalized spacial score (nSPS) is 23.2. The van der Waals surface area contributed by atoms with Gasteiger partial charge < -0.3 is 31.6 Å². The third-order valence-corrected chi connectivity index (χ3v) is 9.32. The molecule has 2 saturated heterocycles. The van der Waals surface area contributed by atoms with Gasteiger partial charge in [-0.05, 0) is 30.6 Å². The average Bonchev–Trinajstić information content (AvgIpc) is 3.29. The van der Waals surface area contributed by atoms with Crippen LogP contribution in [-0.4, -0.2) is 79.5 Å². The molecule has 0 aliphatic carbocycles. The topological polar surface area (TPSA) is 216 Å². The van der Waals surface area contributed by atoms with Crippen molar-refractivity contribution in [1.29, 1.82) is 0 Å². The maximum Gasteiger partial charge on any atom is 0.384 e. The number of rotatable bonds is 9. The number of thiazole rings is 1. The molecule has 2 fully saturated rings. The summed E-state index contributed by atoms with van der Waals surface area (Å²) in [4.78, 5) is 53.1. The third-order valence-electron chi connectivity index (χ3n) is 5.80. The Morgan fingerprint density at radius 2 is 2.19 bits per heavy atom. The van der Waals surface area contributed by atoms with Crippen LogP contribution in [0, 0.1) is 12.3 Å². The van der Waals surface area contributed by atoms with E-state index in [-0.39, 0.29) is 47.1 Å². The lowest BCUT2D eigenvalue weighted by Gasteiger charge is -2.53. The first-order valence-electron chi connectivity index (χ1n) is 11.0. The first-order valence-corrected chi connectivity index (χ1v) is 13.9. The molecule has 0 bridgehead atoms. The Kier molecular flexibility index (Phi) is 7.65. The average molecular weight is 569 g/mol. The summed E-state index contributed by atoms with van der Waals surface area (Å²) < 4.78 is 1.29. The molecule has 0 spiro atoms. The number of amides is 2. The van der Waals surface area contributed by atoms with E-state index in [1.165, 1.54) is 21.3 Å². The number of aryl methyl sites for hydroxylation is 1. The van der Waals surface area contributed by atoms with Gasteiger partial charge in [0.15, 0.2) is 10.8 Å². The van der Waals surface area contributed by atoms with Crippen LogP contribution in [-0.2, 0) is 19.2 Å². The number of carbonyl (C=O) groups excluding carboxylic acids is 2. The summed E-state index contributed by atoms with van der Waals surface area (Å²) in [7, 11) is 0. The number of nitrogen functional groups attached to an aromatic ring is 3. The molecule has 2 unspecified atom stereocenters. The molecule has 0 saturated carbocycles. The van der Waals surface area contributed by atoms with Gasteiger partial charge in [0.05, 0.1) is 5.56 Å². The number of aromatic nitrogens is 3. The Labute approximate surface area is 224 Å². The molecule has 8 N–H and O–H groups in total. The molecule has 17 heteroatoms. The fourth-order valence-electron chi connectivity index (χ4n) is 3.73. The van der Waals surface area contributed by atoms with E-state index >= 15 is 0 Å². The second-order valence-corrected chi connectivity index (χ2v) is 11.4. The molecule has 0 aromatic carbocycles. The molecule has 2 amide bonds. The van der Waals surface area contributed by atoms with Gasteiger partial charge in [0.1, 0.15) is 35.3 Å². The Hall–Kier alpha value is -3.31. The van der Waals surface area contributed by atoms with Crippen molar-refractivity contribution in [3.63, 3.8) is 0 Å². The number of carboxylic acid groups (broad SMARTS) is 1. The quantitative estimate of drug-likeness (QED) is 0.0469. The predicted molar refractivity (Wildman–Crippen MR) is 139 cm³/mol. The van der Waals surface area contributed by atoms with Crippen LogP contribution >= 0.6 is 34.9 Å². The number of nitrogens with two attached hydrogens (primary N) is 3. The molecule has 14 nitrogen and oxygen atoms in total. The minimum atomic E-state index is -1.25. The van der Waals surface area contributed by atoms with Crippen molar-refractivity contribution in [2.24, 2.45) is 10.6 Å². The minimum absolute atomic E-state index is 0.0212. The van der Waals surface area contributed by atoms with Gasteiger partial charge in [-0.2, -0.15) is 0 Å². The number of aliphatic carboxylic acids is 1. The van der Waals surface area contributed by atoms with Crippen molar-refractivity contribution in [2.45, 2.75) is 30.4 Å². The number of anilines is 2. The number of thioether (sulfide) groups is 2. The van der Waals surface area contributed by atoms with Crippen LogP contribution in [0.1, 0.15) is 18.2 Å². The first-order chi connectivity index (χ1) is 17.6. The van der Waals surface area contributed by atoms with Gasteiger partial charge >= 0.3 is 11.1 Å². The molecule has 4 heterocycles. The summed E-state index contributed by atoms with van der Waals surface area (Å²) in [6.45, 7) is 3.69. The van der Waals surface area contributed by atoms with E-state index in [0.717, 1.165) is 23.1 Å². The summed E-state index contributed by atoms with van der Waals surface area (Å²) in [6.07, 6.45) is 1.61. The minimum Gasteiger partial charge on any atom is -0.481 e. The number of β-lactam (4-membered cyclic amide) rings is 1. The maximum absolute atomic E-state index is 13.0. The molecular weight excluding hydrogens is 542 g/mol. The molecule has 198 valence electrons. The third kappa shape index (κ3) is 5.24. The Morgan fingerprint density at radius 1 is 1.43 bits per heavy atom. The van der Waals surface area contributed by atoms with Gasteiger partial charge in [0.2, 0.25) is 11.7 Å². The smallest absolute Gasteiger partial charge is 0.384 e. The van der Waals surface area contributed by atoms with E-state index in [2.05, 4.69) is 20.4 Å². The number of carbonyl (C=O) groups is 3. The largest absolute Gasteiger partial charge is 0.481 e. The number of nitrogens with one attached hydrogen (secondary N) is 1. The van der Waals surface area contributed by atoms with Crippen LogP contribution in [0.2, 0.25) is 0 Å². The zero-order valence-electron chi connectivity index (χ0n) is 19.9. The highest BCUT2D eigenvalue weighted by Gasteiger charge is 2.57. The van der Waals surface area contributed by atoms with Gasteiger partial charge in [0.25, 0.3) is 5.91 Å². The molecule has 37 heavy (non-hydrogen) atoms. The number of carboxylic acids is 1. The van der Waals surface area contributed by atoms with E-state index in [1.807, 2.05) is 0 Å². The van der Waals surface area contributed by atoms with Gasteiger partial charge in [-0.1, -0.05) is 5.16 Å². The van der Waals surface area contributed by atoms with Gasteiger partial charge in [-0.3, -0.25) is 20.2 Å². The SMILES string of the molecule is CCON=C(C(=O)NC1C(=O)N2CC(CSc3nc(N)c(C)c[n+]3N)(C(=O)O)CS[C@H]12)c1csc(N)n1. The molecule has 4 rings (SSSR count). The molecule has 2 aliphatic heterocycles. The van der Waals surface area contributed by atoms with Gasteiger partial charge in [-0.15, -0.1) is 27.8 Å². The molecule has 2 aliphatic rings. The highest BCUT2D eigenvalue weighted by Crippen LogP contribution is 2.44. The fourth-order valence-corrected chi connectivity index (χ4v) is 7.04. The van der Waals surface area contributed by atoms with Crippen molar-refractivity contribution in [3.8, 4) is 0 Å². The number of hydrogen-bond donors (Lipinski definition) is 5. The summed E-state index contributed by atoms with van der Waals surface area (Å²) in [5, 5.41) is 18.4. The summed E-state index contributed by atoms with van der Waals surface area (Å²) in [5.41, 5.74) is 11.1. The van der Waals surface area contributed by atoms with E-state index in [4.69, 9.17) is 22.1 Å². The highest BCUT2D eigenvalue weighted by molar-refractivity contribution is 8.00. The number of nitrogens with zero attached hydrogens (tertiary/aromatic N) is 5.